The minimum Gasteiger partial charge on any atom is -0.310 e. The van der Waals surface area contributed by atoms with Crippen LogP contribution in [0.15, 0.2) is 224 Å². The van der Waals surface area contributed by atoms with Gasteiger partial charge in [-0.1, -0.05) is 182 Å². The lowest BCUT2D eigenvalue weighted by atomic mass is 9.92. The Kier molecular flexibility index (Phi) is 8.24. The second-order valence-electron chi connectivity index (χ2n) is 14.1. The summed E-state index contributed by atoms with van der Waals surface area (Å²) in [5.41, 5.74) is 12.9. The second-order valence-corrected chi connectivity index (χ2v) is 14.1. The molecule has 0 aliphatic rings. The smallest absolute Gasteiger partial charge is 0.0540 e. The number of fused-ring (bicyclic) bond motifs is 5. The van der Waals surface area contributed by atoms with Crippen LogP contribution in [0.5, 0.6) is 0 Å². The topological polar surface area (TPSA) is 3.24 Å². The highest BCUT2D eigenvalue weighted by Crippen LogP contribution is 2.44. The van der Waals surface area contributed by atoms with Crippen molar-refractivity contribution in [1.29, 1.82) is 0 Å². The summed E-state index contributed by atoms with van der Waals surface area (Å²) in [5.74, 6) is 0. The number of rotatable bonds is 7. The van der Waals surface area contributed by atoms with E-state index in [0.29, 0.717) is 0 Å². The van der Waals surface area contributed by atoms with E-state index in [2.05, 4.69) is 229 Å². The van der Waals surface area contributed by atoms with Crippen molar-refractivity contribution in [1.82, 2.24) is 0 Å². The van der Waals surface area contributed by atoms with Crippen molar-refractivity contribution in [2.24, 2.45) is 0 Å². The summed E-state index contributed by atoms with van der Waals surface area (Å²) in [5, 5.41) is 7.64. The van der Waals surface area contributed by atoms with E-state index >= 15 is 0 Å². The Morgan fingerprint density at radius 1 is 0.236 bits per heavy atom. The maximum Gasteiger partial charge on any atom is 0.0540 e. The van der Waals surface area contributed by atoms with E-state index in [4.69, 9.17) is 0 Å². The van der Waals surface area contributed by atoms with Crippen LogP contribution in [0.25, 0.3) is 76.8 Å². The lowest BCUT2D eigenvalue weighted by Crippen LogP contribution is -2.11. The monoisotopic (exact) mass is 699 g/mol. The van der Waals surface area contributed by atoms with E-state index in [1.54, 1.807) is 0 Å². The van der Waals surface area contributed by atoms with Gasteiger partial charge in [-0.2, -0.15) is 0 Å². The Morgan fingerprint density at radius 2 is 0.691 bits per heavy atom. The van der Waals surface area contributed by atoms with E-state index in [1.165, 1.54) is 76.8 Å². The minimum atomic E-state index is 1.10. The van der Waals surface area contributed by atoms with Gasteiger partial charge in [-0.3, -0.25) is 0 Å². The number of para-hydroxylation sites is 1. The normalized spacial score (nSPS) is 11.3. The molecular formula is C54H37N. The molecule has 0 aliphatic carbocycles. The molecular weight excluding hydrogens is 663 g/mol. The van der Waals surface area contributed by atoms with Crippen LogP contribution < -0.4 is 4.90 Å². The fourth-order valence-electron chi connectivity index (χ4n) is 8.16. The van der Waals surface area contributed by atoms with Gasteiger partial charge < -0.3 is 4.90 Å². The summed E-state index contributed by atoms with van der Waals surface area (Å²) in [6, 6.07) is 81.4. The van der Waals surface area contributed by atoms with Crippen LogP contribution in [0, 0.1) is 0 Å². The number of benzene rings is 10. The summed E-state index contributed by atoms with van der Waals surface area (Å²) >= 11 is 0. The van der Waals surface area contributed by atoms with Crippen molar-refractivity contribution in [3.63, 3.8) is 0 Å². The molecule has 0 N–H and O–H groups in total. The maximum atomic E-state index is 2.39. The lowest BCUT2D eigenvalue weighted by molar-refractivity contribution is 1.28. The zero-order valence-electron chi connectivity index (χ0n) is 30.3. The first kappa shape index (κ1) is 32.4. The van der Waals surface area contributed by atoms with Gasteiger partial charge in [0, 0.05) is 16.9 Å². The average Bonchev–Trinajstić information content (AvgIpc) is 3.27. The molecule has 258 valence electrons. The van der Waals surface area contributed by atoms with E-state index < -0.39 is 0 Å². The highest BCUT2D eigenvalue weighted by Gasteiger charge is 2.19. The SMILES string of the molecule is c1ccc(-c2ccccc2-c2ccc(N(c3ccccc3)c3ccc(-c4ccc5ccc6c7ccccc7ccc6c5c4)cc3-c3ccccc3)cc2)cc1. The molecule has 0 heterocycles. The average molecular weight is 700 g/mol. The largest absolute Gasteiger partial charge is 0.310 e. The van der Waals surface area contributed by atoms with Crippen LogP contribution in [0.2, 0.25) is 0 Å². The van der Waals surface area contributed by atoms with E-state index in [0.717, 1.165) is 17.1 Å². The van der Waals surface area contributed by atoms with Gasteiger partial charge in [0.15, 0.2) is 0 Å². The van der Waals surface area contributed by atoms with Crippen molar-refractivity contribution in [3.05, 3.63) is 224 Å². The first-order valence-corrected chi connectivity index (χ1v) is 18.9. The van der Waals surface area contributed by atoms with Crippen molar-refractivity contribution in [3.8, 4) is 44.5 Å². The summed E-state index contributed by atoms with van der Waals surface area (Å²) in [7, 11) is 0. The molecule has 0 aromatic heterocycles. The van der Waals surface area contributed by atoms with Crippen LogP contribution in [0.1, 0.15) is 0 Å². The molecule has 0 amide bonds. The van der Waals surface area contributed by atoms with Crippen molar-refractivity contribution < 1.29 is 0 Å². The van der Waals surface area contributed by atoms with Gasteiger partial charge in [-0.05, 0) is 114 Å². The molecule has 55 heavy (non-hydrogen) atoms. The molecule has 0 fully saturated rings. The predicted octanol–water partition coefficient (Wildman–Crippen LogP) is 15.3. The zero-order valence-corrected chi connectivity index (χ0v) is 30.3. The van der Waals surface area contributed by atoms with Gasteiger partial charge in [-0.25, -0.2) is 0 Å². The number of nitrogens with zero attached hydrogens (tertiary/aromatic N) is 1. The first-order valence-electron chi connectivity index (χ1n) is 18.9. The first-order chi connectivity index (χ1) is 27.3. The van der Waals surface area contributed by atoms with E-state index in [9.17, 15) is 0 Å². The van der Waals surface area contributed by atoms with Gasteiger partial charge in [-0.15, -0.1) is 0 Å². The van der Waals surface area contributed by atoms with Gasteiger partial charge in [0.2, 0.25) is 0 Å². The number of hydrogen-bond acceptors (Lipinski definition) is 1. The molecule has 10 rings (SSSR count). The standard InChI is InChI=1S/C54H37N/c1-4-14-38(15-5-1)47-21-12-13-22-48(47)41-26-31-46(32-27-41)55(45-19-8-3-9-20-45)54-35-30-44(37-53(54)39-16-6-2-7-17-39)43-25-24-42-29-33-50-49-23-11-10-18-40(49)28-34-51(50)52(42)36-43/h1-37H. The quantitative estimate of drug-likeness (QED) is 0.150. The molecule has 0 unspecified atom stereocenters. The summed E-state index contributed by atoms with van der Waals surface area (Å²) in [6.07, 6.45) is 0. The van der Waals surface area contributed by atoms with E-state index in [-0.39, 0.29) is 0 Å². The summed E-state index contributed by atoms with van der Waals surface area (Å²) < 4.78 is 0. The molecule has 0 bridgehead atoms. The predicted molar refractivity (Wildman–Crippen MR) is 235 cm³/mol. The molecule has 10 aromatic rings. The van der Waals surface area contributed by atoms with Crippen molar-refractivity contribution in [2.75, 3.05) is 4.90 Å². The molecule has 0 aliphatic heterocycles. The van der Waals surface area contributed by atoms with Gasteiger partial charge >= 0.3 is 0 Å². The van der Waals surface area contributed by atoms with Crippen LogP contribution in [0.3, 0.4) is 0 Å². The van der Waals surface area contributed by atoms with Crippen LogP contribution in [0.4, 0.5) is 17.1 Å². The van der Waals surface area contributed by atoms with Crippen molar-refractivity contribution >= 4 is 49.4 Å². The fourth-order valence-corrected chi connectivity index (χ4v) is 8.16. The maximum absolute atomic E-state index is 2.39. The second kappa shape index (κ2) is 14.0. The Labute approximate surface area is 322 Å². The molecule has 0 spiro atoms. The van der Waals surface area contributed by atoms with Crippen LogP contribution >= 0.6 is 0 Å². The highest BCUT2D eigenvalue weighted by molar-refractivity contribution is 6.17. The number of anilines is 3. The van der Waals surface area contributed by atoms with Crippen LogP contribution in [-0.2, 0) is 0 Å². The van der Waals surface area contributed by atoms with Gasteiger partial charge in [0.1, 0.15) is 0 Å². The molecule has 0 atom stereocenters. The summed E-state index contributed by atoms with van der Waals surface area (Å²) in [4.78, 5) is 2.39. The Bertz CT molecular complexity index is 2950. The minimum absolute atomic E-state index is 1.10. The lowest BCUT2D eigenvalue weighted by Gasteiger charge is -2.28. The summed E-state index contributed by atoms with van der Waals surface area (Å²) in [6.45, 7) is 0. The highest BCUT2D eigenvalue weighted by atomic mass is 15.1. The molecule has 1 heteroatoms. The molecule has 0 saturated carbocycles. The Hall–Kier alpha value is -7.22. The van der Waals surface area contributed by atoms with E-state index in [1.807, 2.05) is 0 Å². The van der Waals surface area contributed by atoms with Gasteiger partial charge in [0.05, 0.1) is 5.69 Å². The Balaban J connectivity index is 1.11. The number of hydrogen-bond donors (Lipinski definition) is 0. The fraction of sp³-hybridized carbons (Fsp3) is 0. The third-order valence-electron chi connectivity index (χ3n) is 10.9. The molecule has 0 saturated heterocycles. The third kappa shape index (κ3) is 6.02. The van der Waals surface area contributed by atoms with Crippen molar-refractivity contribution in [2.45, 2.75) is 0 Å². The molecule has 0 radical (unpaired) electrons. The molecule has 10 aromatic carbocycles. The zero-order chi connectivity index (χ0) is 36.6. The Morgan fingerprint density at radius 3 is 1.38 bits per heavy atom. The molecule has 1 nitrogen and oxygen atoms in total. The third-order valence-corrected chi connectivity index (χ3v) is 10.9. The van der Waals surface area contributed by atoms with Crippen LogP contribution in [-0.4, -0.2) is 0 Å². The van der Waals surface area contributed by atoms with Gasteiger partial charge in [0.25, 0.3) is 0 Å².